The maximum Gasteiger partial charge on any atom is 0.433 e. The molecular formula is C13H16F3N5O3. The molecule has 3 N–H and O–H groups in total. The first-order chi connectivity index (χ1) is 11.3. The average Bonchev–Trinajstić information content (AvgIpc) is 3.35. The summed E-state index contributed by atoms with van der Waals surface area (Å²) in [7, 11) is 0. The van der Waals surface area contributed by atoms with E-state index >= 15 is 0 Å². The van der Waals surface area contributed by atoms with Gasteiger partial charge in [0, 0.05) is 6.20 Å². The molecule has 1 heterocycles. The Bertz CT molecular complexity index is 594. The van der Waals surface area contributed by atoms with Crippen LogP contribution in [0.15, 0.2) is 12.3 Å². The van der Waals surface area contributed by atoms with E-state index in [1.54, 1.807) is 0 Å². The van der Waals surface area contributed by atoms with Crippen LogP contribution in [0.5, 0.6) is 0 Å². The van der Waals surface area contributed by atoms with Crippen molar-refractivity contribution >= 4 is 18.3 Å². The highest BCUT2D eigenvalue weighted by molar-refractivity contribution is 5.80. The van der Waals surface area contributed by atoms with Gasteiger partial charge in [0.2, 0.25) is 18.3 Å². The fourth-order valence-corrected chi connectivity index (χ4v) is 2.09. The van der Waals surface area contributed by atoms with Crippen molar-refractivity contribution in [2.75, 3.05) is 12.0 Å². The number of alkyl halides is 3. The minimum atomic E-state index is -4.63. The highest BCUT2D eigenvalue weighted by atomic mass is 19.4. The Morgan fingerprint density at radius 2 is 2.21 bits per heavy atom. The van der Waals surface area contributed by atoms with E-state index in [0.717, 1.165) is 19.0 Å². The van der Waals surface area contributed by atoms with Gasteiger partial charge in [0.25, 0.3) is 0 Å². The molecule has 2 rings (SSSR count). The molecule has 8 nitrogen and oxygen atoms in total. The van der Waals surface area contributed by atoms with Gasteiger partial charge in [0.05, 0.1) is 12.5 Å². The Morgan fingerprint density at radius 3 is 2.79 bits per heavy atom. The summed E-state index contributed by atoms with van der Waals surface area (Å²) >= 11 is 0. The van der Waals surface area contributed by atoms with Crippen LogP contribution >= 0.6 is 0 Å². The number of aromatic nitrogens is 2. The summed E-state index contributed by atoms with van der Waals surface area (Å²) in [5.74, 6) is -1.36. The molecule has 0 unspecified atom stereocenters. The molecule has 0 bridgehead atoms. The molecule has 24 heavy (non-hydrogen) atoms. The molecule has 132 valence electrons. The molecule has 0 spiro atoms. The van der Waals surface area contributed by atoms with E-state index in [2.05, 4.69) is 20.8 Å². The fraction of sp³-hybridized carbons (Fsp3) is 0.538. The van der Waals surface area contributed by atoms with Gasteiger partial charge in [-0.05, 0) is 18.4 Å². The van der Waals surface area contributed by atoms with E-state index in [4.69, 9.17) is 0 Å². The number of halogens is 3. The van der Waals surface area contributed by atoms with E-state index in [1.807, 2.05) is 0 Å². The second-order valence-corrected chi connectivity index (χ2v) is 5.48. The van der Waals surface area contributed by atoms with Crippen molar-refractivity contribution in [1.29, 1.82) is 0 Å². The lowest BCUT2D eigenvalue weighted by atomic mass is 10.0. The van der Waals surface area contributed by atoms with Crippen LogP contribution in [0.3, 0.4) is 0 Å². The van der Waals surface area contributed by atoms with Crippen molar-refractivity contribution in [2.24, 2.45) is 11.8 Å². The van der Waals surface area contributed by atoms with Gasteiger partial charge in [-0.15, -0.1) is 0 Å². The van der Waals surface area contributed by atoms with E-state index in [-0.39, 0.29) is 13.0 Å². The molecule has 1 fully saturated rings. The van der Waals surface area contributed by atoms with Gasteiger partial charge in [-0.1, -0.05) is 12.8 Å². The van der Waals surface area contributed by atoms with E-state index in [9.17, 15) is 28.0 Å². The standard InChI is InChI=1S/C13H16F3N5O3/c14-13(15,16)10-3-4-17-12(18-10)20-19-11(23)9(5-8-1-2-8)6-21(24)7-22/h3-4,7-9,24H,1-2,5-6H2,(H,19,23)(H,17,18,20)/t9-/m1/s1. The summed E-state index contributed by atoms with van der Waals surface area (Å²) in [4.78, 5) is 29.4. The first kappa shape index (κ1) is 17.9. The predicted octanol–water partition coefficient (Wildman–Crippen LogP) is 1.20. The third-order valence-electron chi connectivity index (χ3n) is 3.46. The summed E-state index contributed by atoms with van der Waals surface area (Å²) in [6.07, 6.45) is -1.16. The highest BCUT2D eigenvalue weighted by Crippen LogP contribution is 2.35. The minimum Gasteiger partial charge on any atom is -0.286 e. The van der Waals surface area contributed by atoms with Crippen molar-refractivity contribution in [3.05, 3.63) is 18.0 Å². The van der Waals surface area contributed by atoms with Gasteiger partial charge in [0.1, 0.15) is 5.69 Å². The van der Waals surface area contributed by atoms with Crippen LogP contribution in [0, 0.1) is 11.8 Å². The minimum absolute atomic E-state index is 0.177. The van der Waals surface area contributed by atoms with Crippen LogP contribution in [0.4, 0.5) is 19.1 Å². The van der Waals surface area contributed by atoms with Gasteiger partial charge >= 0.3 is 6.18 Å². The molecule has 0 radical (unpaired) electrons. The van der Waals surface area contributed by atoms with Gasteiger partial charge in [0.15, 0.2) is 0 Å². The topological polar surface area (TPSA) is 107 Å². The summed E-state index contributed by atoms with van der Waals surface area (Å²) < 4.78 is 37.7. The van der Waals surface area contributed by atoms with Gasteiger partial charge in [-0.3, -0.25) is 25.6 Å². The van der Waals surface area contributed by atoms with Crippen LogP contribution < -0.4 is 10.9 Å². The molecule has 1 aliphatic rings. The Kier molecular flexibility index (Phi) is 5.54. The number of nitrogens with one attached hydrogen (secondary N) is 2. The fourth-order valence-electron chi connectivity index (χ4n) is 2.09. The number of anilines is 1. The van der Waals surface area contributed by atoms with Gasteiger partial charge in [-0.2, -0.15) is 13.2 Å². The molecule has 1 saturated carbocycles. The lowest BCUT2D eigenvalue weighted by Crippen LogP contribution is -2.40. The van der Waals surface area contributed by atoms with Crippen molar-refractivity contribution in [1.82, 2.24) is 20.5 Å². The summed E-state index contributed by atoms with van der Waals surface area (Å²) in [6.45, 7) is -0.211. The largest absolute Gasteiger partial charge is 0.433 e. The summed E-state index contributed by atoms with van der Waals surface area (Å²) in [5.41, 5.74) is 3.27. The van der Waals surface area contributed by atoms with E-state index in [0.29, 0.717) is 23.5 Å². The smallest absolute Gasteiger partial charge is 0.286 e. The molecular weight excluding hydrogens is 331 g/mol. The Labute approximate surface area is 135 Å². The normalized spacial score (nSPS) is 15.5. The molecule has 0 aromatic carbocycles. The number of hydroxylamine groups is 2. The van der Waals surface area contributed by atoms with Crippen LogP contribution in [-0.4, -0.2) is 39.1 Å². The zero-order chi connectivity index (χ0) is 17.7. The number of rotatable bonds is 8. The number of nitrogens with zero attached hydrogens (tertiary/aromatic N) is 3. The monoisotopic (exact) mass is 347 g/mol. The van der Waals surface area contributed by atoms with Crippen LogP contribution in [0.2, 0.25) is 0 Å². The maximum absolute atomic E-state index is 12.6. The van der Waals surface area contributed by atoms with Gasteiger partial charge < -0.3 is 0 Å². The number of hydrazine groups is 1. The molecule has 1 aromatic rings. The second-order valence-electron chi connectivity index (χ2n) is 5.48. The first-order valence-corrected chi connectivity index (χ1v) is 7.16. The second kappa shape index (κ2) is 7.43. The zero-order valence-electron chi connectivity index (χ0n) is 12.5. The van der Waals surface area contributed by atoms with Crippen LogP contribution in [-0.2, 0) is 15.8 Å². The van der Waals surface area contributed by atoms with E-state index in [1.165, 1.54) is 0 Å². The molecule has 1 aliphatic carbocycles. The molecule has 11 heteroatoms. The Balaban J connectivity index is 1.95. The number of amides is 2. The van der Waals surface area contributed by atoms with Gasteiger partial charge in [-0.25, -0.2) is 15.0 Å². The summed E-state index contributed by atoms with van der Waals surface area (Å²) in [6, 6.07) is 0.705. The maximum atomic E-state index is 12.6. The van der Waals surface area contributed by atoms with Crippen molar-refractivity contribution in [3.63, 3.8) is 0 Å². The number of hydrogen-bond donors (Lipinski definition) is 3. The lowest BCUT2D eigenvalue weighted by molar-refractivity contribution is -0.154. The van der Waals surface area contributed by atoms with Crippen LogP contribution in [0.25, 0.3) is 0 Å². The number of hydrogen-bond acceptors (Lipinski definition) is 6. The first-order valence-electron chi connectivity index (χ1n) is 7.16. The predicted molar refractivity (Wildman–Crippen MR) is 74.2 cm³/mol. The average molecular weight is 347 g/mol. The van der Waals surface area contributed by atoms with Crippen LogP contribution in [0.1, 0.15) is 25.0 Å². The van der Waals surface area contributed by atoms with Crippen molar-refractivity contribution in [2.45, 2.75) is 25.4 Å². The molecule has 2 amide bonds. The third-order valence-corrected chi connectivity index (χ3v) is 3.46. The number of carbonyl (C=O) groups excluding carboxylic acids is 2. The quantitative estimate of drug-likeness (QED) is 0.371. The van der Waals surface area contributed by atoms with E-state index < -0.39 is 29.6 Å². The zero-order valence-corrected chi connectivity index (χ0v) is 12.5. The molecule has 0 aliphatic heterocycles. The number of carbonyl (C=O) groups is 2. The third kappa shape index (κ3) is 5.33. The highest BCUT2D eigenvalue weighted by Gasteiger charge is 2.33. The molecule has 0 saturated heterocycles. The van der Waals surface area contributed by atoms with Crippen molar-refractivity contribution < 1.29 is 28.0 Å². The summed E-state index contributed by atoms with van der Waals surface area (Å²) in [5, 5.41) is 9.59. The Hall–Kier alpha value is -2.43. The lowest BCUT2D eigenvalue weighted by Gasteiger charge is -2.19. The van der Waals surface area contributed by atoms with Crippen molar-refractivity contribution in [3.8, 4) is 0 Å². The molecule has 1 atom stereocenters. The Morgan fingerprint density at radius 1 is 1.50 bits per heavy atom. The molecule has 1 aromatic heterocycles. The SMILES string of the molecule is O=CN(O)C[C@@H](CC1CC1)C(=O)NNc1nccc(C(F)(F)F)n1.